The van der Waals surface area contributed by atoms with E-state index in [2.05, 4.69) is 15.0 Å². The molecule has 5 rings (SSSR count). The first-order valence-electron chi connectivity index (χ1n) is 9.42. The van der Waals surface area contributed by atoms with Crippen molar-refractivity contribution in [3.8, 4) is 11.1 Å². The summed E-state index contributed by atoms with van der Waals surface area (Å²) in [5.41, 5.74) is 4.71. The first-order chi connectivity index (χ1) is 14.6. The van der Waals surface area contributed by atoms with Gasteiger partial charge in [-0.15, -0.1) is 0 Å². The van der Waals surface area contributed by atoms with Gasteiger partial charge in [0.15, 0.2) is 0 Å². The first-order valence-corrected chi connectivity index (χ1v) is 9.79. The van der Waals surface area contributed by atoms with E-state index in [-0.39, 0.29) is 5.82 Å². The Kier molecular flexibility index (Phi) is 4.40. The third-order valence-electron chi connectivity index (χ3n) is 5.36. The zero-order chi connectivity index (χ0) is 20.7. The standard InChI is InChI=1S/C24H16ClFN4/c1-15-7-19(5-6-29-15)24(22-9-20(25)10-23(26)21(22)13-30-24)18-4-2-3-16(8-18)17-11-27-14-28-12-17/h2-14H,1H3. The predicted octanol–water partition coefficient (Wildman–Crippen LogP) is 5.36. The minimum atomic E-state index is -0.930. The van der Waals surface area contributed by atoms with E-state index in [4.69, 9.17) is 16.6 Å². The number of pyridine rings is 1. The fourth-order valence-corrected chi connectivity index (χ4v) is 4.22. The van der Waals surface area contributed by atoms with Crippen molar-refractivity contribution in [3.63, 3.8) is 0 Å². The summed E-state index contributed by atoms with van der Waals surface area (Å²) >= 11 is 6.26. The topological polar surface area (TPSA) is 51.0 Å². The number of benzene rings is 2. The Morgan fingerprint density at radius 1 is 0.933 bits per heavy atom. The monoisotopic (exact) mass is 414 g/mol. The van der Waals surface area contributed by atoms with Gasteiger partial charge in [-0.1, -0.05) is 29.8 Å². The van der Waals surface area contributed by atoms with Crippen LogP contribution in [0.3, 0.4) is 0 Å². The maximum Gasteiger partial charge on any atom is 0.137 e. The van der Waals surface area contributed by atoms with Crippen LogP contribution in [-0.2, 0) is 5.54 Å². The van der Waals surface area contributed by atoms with Gasteiger partial charge in [0.2, 0.25) is 0 Å². The number of hydrogen-bond acceptors (Lipinski definition) is 4. The Morgan fingerprint density at radius 3 is 2.53 bits per heavy atom. The van der Waals surface area contributed by atoms with Crippen LogP contribution in [0.15, 0.2) is 78.4 Å². The van der Waals surface area contributed by atoms with E-state index in [0.717, 1.165) is 27.9 Å². The van der Waals surface area contributed by atoms with Gasteiger partial charge in [-0.2, -0.15) is 0 Å². The van der Waals surface area contributed by atoms with Crippen LogP contribution < -0.4 is 0 Å². The molecule has 0 saturated carbocycles. The van der Waals surface area contributed by atoms with Gasteiger partial charge in [0.25, 0.3) is 0 Å². The number of nitrogens with zero attached hydrogens (tertiary/aromatic N) is 4. The van der Waals surface area contributed by atoms with Gasteiger partial charge in [-0.3, -0.25) is 9.98 Å². The van der Waals surface area contributed by atoms with Crippen molar-refractivity contribution in [2.24, 2.45) is 4.99 Å². The number of hydrogen-bond donors (Lipinski definition) is 0. The van der Waals surface area contributed by atoms with Crippen molar-refractivity contribution >= 4 is 17.8 Å². The second kappa shape index (κ2) is 7.11. The SMILES string of the molecule is Cc1cc(C2(c3cccc(-c4cncnc4)c3)N=Cc3c(F)cc(Cl)cc32)ccn1. The molecule has 1 unspecified atom stereocenters. The molecule has 146 valence electrons. The zero-order valence-corrected chi connectivity index (χ0v) is 16.8. The molecule has 2 aromatic heterocycles. The molecule has 30 heavy (non-hydrogen) atoms. The molecule has 1 aliphatic rings. The molecule has 0 radical (unpaired) electrons. The summed E-state index contributed by atoms with van der Waals surface area (Å²) in [6, 6.07) is 15.0. The number of aryl methyl sites for hydroxylation is 1. The summed E-state index contributed by atoms with van der Waals surface area (Å²) in [6.07, 6.45) is 8.36. The lowest BCUT2D eigenvalue weighted by atomic mass is 9.77. The number of aliphatic imine (C=N–C) groups is 1. The Balaban J connectivity index is 1.81. The summed E-state index contributed by atoms with van der Waals surface area (Å²) in [5, 5.41) is 0.333. The van der Waals surface area contributed by atoms with Gasteiger partial charge >= 0.3 is 0 Å². The Hall–Kier alpha value is -3.44. The van der Waals surface area contributed by atoms with Crippen LogP contribution in [0.1, 0.15) is 27.9 Å². The number of halogens is 2. The molecule has 0 amide bonds. The van der Waals surface area contributed by atoms with Gasteiger partial charge in [-0.05, 0) is 53.9 Å². The van der Waals surface area contributed by atoms with Crippen LogP contribution >= 0.6 is 11.6 Å². The van der Waals surface area contributed by atoms with Crippen molar-refractivity contribution in [1.82, 2.24) is 15.0 Å². The normalized spacial score (nSPS) is 17.2. The van der Waals surface area contributed by atoms with Crippen LogP contribution in [0, 0.1) is 12.7 Å². The molecule has 0 fully saturated rings. The van der Waals surface area contributed by atoms with E-state index in [0.29, 0.717) is 16.1 Å². The van der Waals surface area contributed by atoms with Crippen LogP contribution in [0.5, 0.6) is 0 Å². The molecule has 0 N–H and O–H groups in total. The highest BCUT2D eigenvalue weighted by Crippen LogP contribution is 2.47. The summed E-state index contributed by atoms with van der Waals surface area (Å²) < 4.78 is 14.7. The van der Waals surface area contributed by atoms with Crippen molar-refractivity contribution in [2.75, 3.05) is 0 Å². The van der Waals surface area contributed by atoms with Crippen LogP contribution in [0.25, 0.3) is 11.1 Å². The van der Waals surface area contributed by atoms with Crippen molar-refractivity contribution in [1.29, 1.82) is 0 Å². The molecule has 1 atom stereocenters. The minimum Gasteiger partial charge on any atom is -0.271 e. The van der Waals surface area contributed by atoms with Gasteiger partial charge in [0.1, 0.15) is 17.7 Å². The lowest BCUT2D eigenvalue weighted by Crippen LogP contribution is -2.25. The Morgan fingerprint density at radius 2 is 1.73 bits per heavy atom. The van der Waals surface area contributed by atoms with E-state index in [1.165, 1.54) is 12.4 Å². The van der Waals surface area contributed by atoms with E-state index in [1.54, 1.807) is 30.9 Å². The second-order valence-electron chi connectivity index (χ2n) is 7.21. The van der Waals surface area contributed by atoms with Gasteiger partial charge in [-0.25, -0.2) is 14.4 Å². The maximum absolute atomic E-state index is 14.7. The Bertz CT molecular complexity index is 1290. The van der Waals surface area contributed by atoms with Crippen molar-refractivity contribution < 1.29 is 4.39 Å². The average molecular weight is 415 g/mol. The largest absolute Gasteiger partial charge is 0.271 e. The van der Waals surface area contributed by atoms with Crippen LogP contribution in [0.4, 0.5) is 4.39 Å². The van der Waals surface area contributed by atoms with E-state index >= 15 is 0 Å². The third kappa shape index (κ3) is 2.90. The molecule has 0 aliphatic carbocycles. The second-order valence-corrected chi connectivity index (χ2v) is 7.65. The average Bonchev–Trinajstić information content (AvgIpc) is 3.15. The molecule has 0 spiro atoms. The van der Waals surface area contributed by atoms with Crippen LogP contribution in [-0.4, -0.2) is 21.2 Å². The number of fused-ring (bicyclic) bond motifs is 1. The minimum absolute atomic E-state index is 0.333. The van der Waals surface area contributed by atoms with E-state index in [9.17, 15) is 4.39 Å². The molecule has 4 aromatic rings. The predicted molar refractivity (Wildman–Crippen MR) is 115 cm³/mol. The van der Waals surface area contributed by atoms with Crippen LogP contribution in [0.2, 0.25) is 5.02 Å². The highest BCUT2D eigenvalue weighted by Gasteiger charge is 2.42. The molecule has 0 saturated heterocycles. The number of rotatable bonds is 3. The summed E-state index contributed by atoms with van der Waals surface area (Å²) in [5.74, 6) is -0.387. The molecule has 3 heterocycles. The third-order valence-corrected chi connectivity index (χ3v) is 5.58. The smallest absolute Gasteiger partial charge is 0.137 e. The highest BCUT2D eigenvalue weighted by atomic mass is 35.5. The molecule has 2 aromatic carbocycles. The first kappa shape index (κ1) is 18.6. The van der Waals surface area contributed by atoms with Gasteiger partial charge < -0.3 is 0 Å². The fourth-order valence-electron chi connectivity index (χ4n) is 4.02. The lowest BCUT2D eigenvalue weighted by Gasteiger charge is -2.30. The summed E-state index contributed by atoms with van der Waals surface area (Å²) in [4.78, 5) is 17.4. The quantitative estimate of drug-likeness (QED) is 0.453. The molecule has 6 heteroatoms. The zero-order valence-electron chi connectivity index (χ0n) is 16.1. The lowest BCUT2D eigenvalue weighted by molar-refractivity contribution is 0.615. The summed E-state index contributed by atoms with van der Waals surface area (Å²) in [7, 11) is 0. The maximum atomic E-state index is 14.7. The molecular weight excluding hydrogens is 399 g/mol. The fraction of sp³-hybridized carbons (Fsp3) is 0.0833. The number of aromatic nitrogens is 3. The van der Waals surface area contributed by atoms with Gasteiger partial charge in [0.05, 0.1) is 0 Å². The Labute approximate surface area is 178 Å². The van der Waals surface area contributed by atoms with E-state index in [1.807, 2.05) is 43.3 Å². The molecule has 1 aliphatic heterocycles. The summed E-state index contributed by atoms with van der Waals surface area (Å²) in [6.45, 7) is 1.92. The molecule has 0 bridgehead atoms. The molecular formula is C24H16ClFN4. The molecule has 4 nitrogen and oxygen atoms in total. The van der Waals surface area contributed by atoms with E-state index < -0.39 is 5.54 Å². The van der Waals surface area contributed by atoms with Crippen molar-refractivity contribution in [3.05, 3.63) is 112 Å². The highest BCUT2D eigenvalue weighted by molar-refractivity contribution is 6.30. The van der Waals surface area contributed by atoms with Crippen molar-refractivity contribution in [2.45, 2.75) is 12.5 Å². The van der Waals surface area contributed by atoms with Gasteiger partial charge in [0, 0.05) is 52.2 Å².